The van der Waals surface area contributed by atoms with Crippen LogP contribution in [0.15, 0.2) is 46.1 Å². The molecule has 1 unspecified atom stereocenters. The summed E-state index contributed by atoms with van der Waals surface area (Å²) in [6, 6.07) is 4.21. The second-order valence-electron chi connectivity index (χ2n) is 8.82. The van der Waals surface area contributed by atoms with Gasteiger partial charge in [0.15, 0.2) is 11.9 Å². The van der Waals surface area contributed by atoms with Crippen molar-refractivity contribution in [3.63, 3.8) is 0 Å². The first-order valence-corrected chi connectivity index (χ1v) is 12.8. The summed E-state index contributed by atoms with van der Waals surface area (Å²) >= 11 is 0. The van der Waals surface area contributed by atoms with E-state index in [-0.39, 0.29) is 5.75 Å². The van der Waals surface area contributed by atoms with Crippen molar-refractivity contribution in [3.8, 4) is 5.75 Å². The molecule has 1 aromatic carbocycles. The molecule has 0 bridgehead atoms. The fraction of sp³-hybridized carbons (Fsp3) is 0.500. The lowest BCUT2D eigenvalue weighted by Crippen LogP contribution is -2.43. The zero-order valence-corrected chi connectivity index (χ0v) is 21.3. The minimum Gasteiger partial charge on any atom is -0.462 e. The first-order chi connectivity index (χ1) is 17.2. The Morgan fingerprint density at radius 2 is 1.92 bits per heavy atom. The maximum absolute atomic E-state index is 15.4. The Balaban J connectivity index is 1.81. The van der Waals surface area contributed by atoms with Crippen molar-refractivity contribution in [3.05, 3.63) is 63.2 Å². The average Bonchev–Trinajstić information content (AvgIpc) is 3.02. The normalized spacial score (nSPS) is 26.0. The number of esters is 1. The molecule has 0 saturated carbocycles. The molecule has 0 spiro atoms. The number of carbonyl (C=O) groups is 1. The maximum atomic E-state index is 15.4. The molecule has 12 nitrogen and oxygen atoms in total. The molecule has 1 aliphatic rings. The van der Waals surface area contributed by atoms with Crippen molar-refractivity contribution in [1.82, 2.24) is 14.6 Å². The van der Waals surface area contributed by atoms with Gasteiger partial charge < -0.3 is 19.1 Å². The predicted octanol–water partition coefficient (Wildman–Crippen LogP) is 1.80. The standard InChI is InChI=1S/C22H28F2N3O9P/c1-12(2)34-19(30)13(3)26-37(32,36-15-7-5-14(23)6-8-15)33-11-16-18(29)22(4,24)20(35-16)27-10-9-17(28)25-21(27)31/h5-10,12-13,16,18,20,29H,11H2,1-4H3,(H,26,32)(H,25,28,31)/t13-,16+,18+,20+,22+,37?/m0/s1. The SMILES string of the molecule is CC(C)OC(=O)[C@H](C)NP(=O)(OC[C@H]1O[C@@H](n2ccc(=O)[nH]c2=O)[C@](C)(F)[C@@H]1O)Oc1ccc(F)cc1. The summed E-state index contributed by atoms with van der Waals surface area (Å²) in [4.78, 5) is 37.7. The van der Waals surface area contributed by atoms with Crippen molar-refractivity contribution in [2.45, 2.75) is 63.9 Å². The number of H-pyrrole nitrogens is 1. The van der Waals surface area contributed by atoms with Crippen LogP contribution in [0.2, 0.25) is 0 Å². The van der Waals surface area contributed by atoms with Crippen molar-refractivity contribution in [2.75, 3.05) is 6.61 Å². The van der Waals surface area contributed by atoms with Crippen LogP contribution in [0.3, 0.4) is 0 Å². The van der Waals surface area contributed by atoms with Crippen LogP contribution >= 0.6 is 7.75 Å². The van der Waals surface area contributed by atoms with E-state index in [2.05, 4.69) is 5.09 Å². The van der Waals surface area contributed by atoms with Gasteiger partial charge in [-0.3, -0.25) is 23.7 Å². The van der Waals surface area contributed by atoms with Crippen molar-refractivity contribution < 1.29 is 41.8 Å². The summed E-state index contributed by atoms with van der Waals surface area (Å²) in [6.07, 6.45) is -4.44. The van der Waals surface area contributed by atoms with E-state index in [1.165, 1.54) is 19.1 Å². The Bertz CT molecular complexity index is 1270. The summed E-state index contributed by atoms with van der Waals surface area (Å²) < 4.78 is 64.4. The number of alkyl halides is 1. The zero-order valence-electron chi connectivity index (χ0n) is 20.4. The summed E-state index contributed by atoms with van der Waals surface area (Å²) in [6.45, 7) is 4.84. The number of hydrogen-bond donors (Lipinski definition) is 3. The van der Waals surface area contributed by atoms with Gasteiger partial charge >= 0.3 is 19.4 Å². The molecule has 1 saturated heterocycles. The van der Waals surface area contributed by atoms with Crippen molar-refractivity contribution >= 4 is 13.7 Å². The van der Waals surface area contributed by atoms with Crippen LogP contribution in [0.25, 0.3) is 0 Å². The van der Waals surface area contributed by atoms with Crippen molar-refractivity contribution in [2.24, 2.45) is 0 Å². The first kappa shape index (κ1) is 28.7. The molecule has 3 N–H and O–H groups in total. The summed E-state index contributed by atoms with van der Waals surface area (Å²) in [7, 11) is -4.44. The quantitative estimate of drug-likeness (QED) is 0.296. The molecule has 15 heteroatoms. The van der Waals surface area contributed by atoms with Gasteiger partial charge in [0.05, 0.1) is 12.7 Å². The van der Waals surface area contributed by atoms with Crippen molar-refractivity contribution in [1.29, 1.82) is 0 Å². The molecule has 2 aromatic rings. The van der Waals surface area contributed by atoms with E-state index in [0.29, 0.717) is 0 Å². The predicted molar refractivity (Wildman–Crippen MR) is 125 cm³/mol. The van der Waals surface area contributed by atoms with Crippen LogP contribution in [-0.4, -0.2) is 57.3 Å². The third-order valence-corrected chi connectivity index (χ3v) is 6.97. The van der Waals surface area contributed by atoms with Gasteiger partial charge in [0.25, 0.3) is 5.56 Å². The fourth-order valence-corrected chi connectivity index (χ4v) is 4.98. The molecule has 1 aromatic heterocycles. The van der Waals surface area contributed by atoms with Crippen LogP contribution < -0.4 is 20.9 Å². The Kier molecular flexibility index (Phi) is 8.70. The molecule has 6 atom stereocenters. The number of halogens is 2. The van der Waals surface area contributed by atoms with E-state index < -0.39 is 73.6 Å². The lowest BCUT2D eigenvalue weighted by molar-refractivity contribution is -0.149. The molecule has 1 fully saturated rings. The molecule has 1 aliphatic heterocycles. The lowest BCUT2D eigenvalue weighted by Gasteiger charge is -2.25. The number of benzene rings is 1. The molecule has 204 valence electrons. The third-order valence-electron chi connectivity index (χ3n) is 5.33. The Morgan fingerprint density at radius 1 is 1.27 bits per heavy atom. The summed E-state index contributed by atoms with van der Waals surface area (Å²) in [5, 5.41) is 12.9. The maximum Gasteiger partial charge on any atom is 0.459 e. The average molecular weight is 547 g/mol. The van der Waals surface area contributed by atoms with Crippen LogP contribution in [0.5, 0.6) is 5.75 Å². The number of carbonyl (C=O) groups excluding carboxylic acids is 1. The highest BCUT2D eigenvalue weighted by Gasteiger charge is 2.55. The van der Waals surface area contributed by atoms with E-state index in [4.69, 9.17) is 18.5 Å². The number of rotatable bonds is 10. The van der Waals surface area contributed by atoms with E-state index in [1.54, 1.807) is 13.8 Å². The van der Waals surface area contributed by atoms with Gasteiger partial charge in [-0.05, 0) is 52.0 Å². The van der Waals surface area contributed by atoms with E-state index in [0.717, 1.165) is 35.9 Å². The first-order valence-electron chi connectivity index (χ1n) is 11.2. The Labute approximate surface area is 210 Å². The molecular weight excluding hydrogens is 519 g/mol. The van der Waals surface area contributed by atoms with E-state index in [1.807, 2.05) is 4.98 Å². The number of aromatic nitrogens is 2. The van der Waals surface area contributed by atoms with Gasteiger partial charge in [0, 0.05) is 12.3 Å². The minimum atomic E-state index is -4.44. The topological polar surface area (TPSA) is 158 Å². The highest BCUT2D eigenvalue weighted by Crippen LogP contribution is 2.47. The number of aliphatic hydroxyl groups excluding tert-OH is 1. The van der Waals surface area contributed by atoms with Gasteiger partial charge in [0.1, 0.15) is 29.8 Å². The Hall–Kier alpha value is -2.90. The fourth-order valence-electron chi connectivity index (χ4n) is 3.48. The second-order valence-corrected chi connectivity index (χ2v) is 10.5. The number of nitrogens with zero attached hydrogens (tertiary/aromatic N) is 1. The molecule has 0 amide bonds. The third kappa shape index (κ3) is 6.90. The molecule has 0 radical (unpaired) electrons. The minimum absolute atomic E-state index is 0.0810. The number of ether oxygens (including phenoxy) is 2. The zero-order chi connectivity index (χ0) is 27.5. The molecule has 0 aliphatic carbocycles. The van der Waals surface area contributed by atoms with E-state index in [9.17, 15) is 28.4 Å². The smallest absolute Gasteiger partial charge is 0.459 e. The second kappa shape index (κ2) is 11.2. The summed E-state index contributed by atoms with van der Waals surface area (Å²) in [5.74, 6) is -1.44. The molecular formula is C22H28F2N3O9P. The number of nitrogens with one attached hydrogen (secondary N) is 2. The van der Waals surface area contributed by atoms with Gasteiger partial charge in [-0.1, -0.05) is 0 Å². The van der Waals surface area contributed by atoms with Gasteiger partial charge in [-0.15, -0.1) is 0 Å². The van der Waals surface area contributed by atoms with Gasteiger partial charge in [-0.25, -0.2) is 18.1 Å². The largest absolute Gasteiger partial charge is 0.462 e. The number of aromatic amines is 1. The number of hydrogen-bond acceptors (Lipinski definition) is 9. The molecule has 2 heterocycles. The van der Waals surface area contributed by atoms with Gasteiger partial charge in [0.2, 0.25) is 0 Å². The Morgan fingerprint density at radius 3 is 2.51 bits per heavy atom. The lowest BCUT2D eigenvalue weighted by atomic mass is 9.98. The highest BCUT2D eigenvalue weighted by molar-refractivity contribution is 7.52. The van der Waals surface area contributed by atoms with E-state index >= 15 is 4.39 Å². The van der Waals surface area contributed by atoms with Gasteiger partial charge in [-0.2, -0.15) is 5.09 Å². The number of aliphatic hydroxyl groups is 1. The highest BCUT2D eigenvalue weighted by atomic mass is 31.2. The van der Waals surface area contributed by atoms with Crippen LogP contribution in [0.4, 0.5) is 8.78 Å². The monoisotopic (exact) mass is 547 g/mol. The van der Waals surface area contributed by atoms with Crippen LogP contribution in [0, 0.1) is 5.82 Å². The molecule has 3 rings (SSSR count). The van der Waals surface area contributed by atoms with Crippen LogP contribution in [0.1, 0.15) is 33.9 Å². The molecule has 37 heavy (non-hydrogen) atoms. The summed E-state index contributed by atoms with van der Waals surface area (Å²) in [5.41, 5.74) is -4.21. The van der Waals surface area contributed by atoms with Crippen LogP contribution in [-0.2, 0) is 23.4 Å².